The van der Waals surface area contributed by atoms with Gasteiger partial charge in [0.2, 0.25) is 5.91 Å². The van der Waals surface area contributed by atoms with Crippen LogP contribution in [0.3, 0.4) is 0 Å². The SMILES string of the molecule is CC(C)Oc1ccccc1NC(=O)CCNc1ccc(Br)cc1. The molecule has 0 aliphatic heterocycles. The summed E-state index contributed by atoms with van der Waals surface area (Å²) in [4.78, 5) is 12.1. The summed E-state index contributed by atoms with van der Waals surface area (Å²) in [5.74, 6) is 0.645. The van der Waals surface area contributed by atoms with Gasteiger partial charge >= 0.3 is 0 Å². The third kappa shape index (κ3) is 5.94. The molecule has 5 heteroatoms. The van der Waals surface area contributed by atoms with Crippen LogP contribution in [-0.4, -0.2) is 18.6 Å². The molecular formula is C18H21BrN2O2. The molecule has 0 atom stereocenters. The first-order chi connectivity index (χ1) is 11.0. The highest BCUT2D eigenvalue weighted by atomic mass is 79.9. The Hall–Kier alpha value is -2.01. The highest BCUT2D eigenvalue weighted by molar-refractivity contribution is 9.10. The molecule has 2 aromatic rings. The monoisotopic (exact) mass is 376 g/mol. The number of ether oxygens (including phenoxy) is 1. The van der Waals surface area contributed by atoms with Gasteiger partial charge in [-0.25, -0.2) is 0 Å². The highest BCUT2D eigenvalue weighted by Gasteiger charge is 2.08. The quantitative estimate of drug-likeness (QED) is 0.737. The summed E-state index contributed by atoms with van der Waals surface area (Å²) in [5.41, 5.74) is 1.69. The van der Waals surface area contributed by atoms with Crippen molar-refractivity contribution in [2.75, 3.05) is 17.2 Å². The normalized spacial score (nSPS) is 10.4. The van der Waals surface area contributed by atoms with Crippen LogP contribution in [0.25, 0.3) is 0 Å². The van der Waals surface area contributed by atoms with Crippen molar-refractivity contribution < 1.29 is 9.53 Å². The maximum Gasteiger partial charge on any atom is 0.226 e. The van der Waals surface area contributed by atoms with E-state index in [-0.39, 0.29) is 12.0 Å². The fourth-order valence-electron chi connectivity index (χ4n) is 2.03. The zero-order valence-electron chi connectivity index (χ0n) is 13.3. The molecule has 0 aromatic heterocycles. The molecule has 0 heterocycles. The standard InChI is InChI=1S/C18H21BrN2O2/c1-13(2)23-17-6-4-3-5-16(17)21-18(22)11-12-20-15-9-7-14(19)8-10-15/h3-10,13,20H,11-12H2,1-2H3,(H,21,22). The van der Waals surface area contributed by atoms with E-state index in [4.69, 9.17) is 4.74 Å². The van der Waals surface area contributed by atoms with Crippen LogP contribution in [0.2, 0.25) is 0 Å². The number of amides is 1. The second-order valence-electron chi connectivity index (χ2n) is 5.39. The fourth-order valence-corrected chi connectivity index (χ4v) is 2.29. The van der Waals surface area contributed by atoms with E-state index in [0.717, 1.165) is 10.2 Å². The molecule has 2 N–H and O–H groups in total. The van der Waals surface area contributed by atoms with Crippen molar-refractivity contribution in [2.24, 2.45) is 0 Å². The summed E-state index contributed by atoms with van der Waals surface area (Å²) in [6.07, 6.45) is 0.443. The number of carbonyl (C=O) groups is 1. The van der Waals surface area contributed by atoms with Crippen molar-refractivity contribution in [3.63, 3.8) is 0 Å². The molecule has 122 valence electrons. The van der Waals surface area contributed by atoms with Crippen molar-refractivity contribution in [1.82, 2.24) is 0 Å². The Balaban J connectivity index is 1.84. The first-order valence-electron chi connectivity index (χ1n) is 7.59. The summed E-state index contributed by atoms with van der Waals surface area (Å²) in [6.45, 7) is 4.49. The Morgan fingerprint density at radius 2 is 1.83 bits per heavy atom. The van der Waals surface area contributed by atoms with E-state index < -0.39 is 0 Å². The van der Waals surface area contributed by atoms with Crippen LogP contribution in [0.1, 0.15) is 20.3 Å². The van der Waals surface area contributed by atoms with Gasteiger partial charge in [0.15, 0.2) is 0 Å². The van der Waals surface area contributed by atoms with E-state index >= 15 is 0 Å². The lowest BCUT2D eigenvalue weighted by Gasteiger charge is -2.15. The molecule has 0 aliphatic rings. The first kappa shape index (κ1) is 17.3. The maximum absolute atomic E-state index is 12.1. The minimum atomic E-state index is -0.0468. The van der Waals surface area contributed by atoms with E-state index in [1.54, 1.807) is 0 Å². The van der Waals surface area contributed by atoms with Gasteiger partial charge < -0.3 is 15.4 Å². The van der Waals surface area contributed by atoms with Gasteiger partial charge in [0.1, 0.15) is 5.75 Å². The van der Waals surface area contributed by atoms with E-state index in [0.29, 0.717) is 24.4 Å². The number of rotatable bonds is 7. The molecule has 0 saturated carbocycles. The van der Waals surface area contributed by atoms with Crippen molar-refractivity contribution in [3.8, 4) is 5.75 Å². The molecule has 0 spiro atoms. The summed E-state index contributed by atoms with van der Waals surface area (Å²) < 4.78 is 6.73. The van der Waals surface area contributed by atoms with Crippen LogP contribution in [0.15, 0.2) is 53.0 Å². The number of hydrogen-bond acceptors (Lipinski definition) is 3. The number of halogens is 1. The van der Waals surface area contributed by atoms with Gasteiger partial charge in [0.05, 0.1) is 11.8 Å². The smallest absolute Gasteiger partial charge is 0.226 e. The number of nitrogens with one attached hydrogen (secondary N) is 2. The summed E-state index contributed by atoms with van der Waals surface area (Å²) in [7, 11) is 0. The molecule has 0 radical (unpaired) electrons. The minimum absolute atomic E-state index is 0.0468. The summed E-state index contributed by atoms with van der Waals surface area (Å²) >= 11 is 3.39. The van der Waals surface area contributed by atoms with E-state index in [1.807, 2.05) is 62.4 Å². The lowest BCUT2D eigenvalue weighted by atomic mass is 10.2. The molecule has 2 aromatic carbocycles. The van der Waals surface area contributed by atoms with Crippen LogP contribution in [0, 0.1) is 0 Å². The van der Waals surface area contributed by atoms with Crippen LogP contribution < -0.4 is 15.4 Å². The molecule has 1 amide bonds. The number of benzene rings is 2. The third-order valence-corrected chi connectivity index (χ3v) is 3.58. The van der Waals surface area contributed by atoms with Gasteiger partial charge in [-0.15, -0.1) is 0 Å². The molecule has 0 unspecified atom stereocenters. The second kappa shape index (κ2) is 8.58. The number of para-hydroxylation sites is 2. The predicted molar refractivity (Wildman–Crippen MR) is 98.1 cm³/mol. The largest absolute Gasteiger partial charge is 0.489 e. The van der Waals surface area contributed by atoms with E-state index in [9.17, 15) is 4.79 Å². The Labute approximate surface area is 145 Å². The average Bonchev–Trinajstić information content (AvgIpc) is 2.51. The van der Waals surface area contributed by atoms with Crippen molar-refractivity contribution >= 4 is 33.2 Å². The van der Waals surface area contributed by atoms with Gasteiger partial charge in [-0.2, -0.15) is 0 Å². The van der Waals surface area contributed by atoms with Crippen molar-refractivity contribution in [3.05, 3.63) is 53.0 Å². The predicted octanol–water partition coefficient (Wildman–Crippen LogP) is 4.68. The van der Waals surface area contributed by atoms with Crippen LogP contribution in [-0.2, 0) is 4.79 Å². The number of hydrogen-bond donors (Lipinski definition) is 2. The van der Waals surface area contributed by atoms with Gasteiger partial charge in [0, 0.05) is 23.1 Å². The fraction of sp³-hybridized carbons (Fsp3) is 0.278. The summed E-state index contributed by atoms with van der Waals surface area (Å²) in [5, 5.41) is 6.12. The third-order valence-electron chi connectivity index (χ3n) is 3.05. The highest BCUT2D eigenvalue weighted by Crippen LogP contribution is 2.25. The zero-order chi connectivity index (χ0) is 16.7. The first-order valence-corrected chi connectivity index (χ1v) is 8.39. The molecular weight excluding hydrogens is 356 g/mol. The average molecular weight is 377 g/mol. The van der Waals surface area contributed by atoms with Crippen molar-refractivity contribution in [2.45, 2.75) is 26.4 Å². The Morgan fingerprint density at radius 1 is 1.13 bits per heavy atom. The van der Waals surface area contributed by atoms with Gasteiger partial charge in [-0.3, -0.25) is 4.79 Å². The van der Waals surface area contributed by atoms with Crippen LogP contribution in [0.4, 0.5) is 11.4 Å². The Morgan fingerprint density at radius 3 is 2.52 bits per heavy atom. The molecule has 4 nitrogen and oxygen atoms in total. The number of carbonyl (C=O) groups excluding carboxylic acids is 1. The molecule has 0 bridgehead atoms. The van der Waals surface area contributed by atoms with Gasteiger partial charge in [0.25, 0.3) is 0 Å². The Kier molecular flexibility index (Phi) is 6.47. The van der Waals surface area contributed by atoms with Crippen LogP contribution in [0.5, 0.6) is 5.75 Å². The van der Waals surface area contributed by atoms with Gasteiger partial charge in [-0.1, -0.05) is 28.1 Å². The van der Waals surface area contributed by atoms with Crippen LogP contribution >= 0.6 is 15.9 Å². The molecule has 23 heavy (non-hydrogen) atoms. The summed E-state index contributed by atoms with van der Waals surface area (Å²) in [6, 6.07) is 15.3. The van der Waals surface area contributed by atoms with E-state index in [2.05, 4.69) is 26.6 Å². The molecule has 0 saturated heterocycles. The lowest BCUT2D eigenvalue weighted by Crippen LogP contribution is -2.17. The topological polar surface area (TPSA) is 50.4 Å². The van der Waals surface area contributed by atoms with E-state index in [1.165, 1.54) is 0 Å². The lowest BCUT2D eigenvalue weighted by molar-refractivity contribution is -0.116. The molecule has 0 fully saturated rings. The Bertz CT molecular complexity index is 642. The molecule has 2 rings (SSSR count). The van der Waals surface area contributed by atoms with Gasteiger partial charge in [-0.05, 0) is 50.2 Å². The zero-order valence-corrected chi connectivity index (χ0v) is 14.9. The maximum atomic E-state index is 12.1. The molecule has 0 aliphatic carbocycles. The number of anilines is 2. The second-order valence-corrected chi connectivity index (χ2v) is 6.31. The van der Waals surface area contributed by atoms with Crippen molar-refractivity contribution in [1.29, 1.82) is 0 Å². The minimum Gasteiger partial charge on any atom is -0.489 e.